The van der Waals surface area contributed by atoms with Gasteiger partial charge < -0.3 is 14.0 Å². The minimum absolute atomic E-state index is 0.381. The SMILES string of the molecule is C=c1nc(C)n2c1=C(/C=C\C)Oc1cc(B3OC(C)(C)C(C)(C)O3)ccc1-2. The highest BCUT2D eigenvalue weighted by Crippen LogP contribution is 2.37. The van der Waals surface area contributed by atoms with Crippen molar-refractivity contribution in [2.75, 3.05) is 0 Å². The van der Waals surface area contributed by atoms with E-state index in [-0.39, 0.29) is 11.2 Å². The Balaban J connectivity index is 1.82. The first kappa shape index (κ1) is 18.1. The zero-order chi connectivity index (χ0) is 19.6. The summed E-state index contributed by atoms with van der Waals surface area (Å²) in [4.78, 5) is 4.53. The number of aromatic nitrogens is 2. The van der Waals surface area contributed by atoms with Crippen LogP contribution in [0.1, 0.15) is 40.4 Å². The van der Waals surface area contributed by atoms with Crippen molar-refractivity contribution in [3.05, 3.63) is 46.9 Å². The van der Waals surface area contributed by atoms with Crippen LogP contribution >= 0.6 is 0 Å². The molecule has 0 radical (unpaired) electrons. The van der Waals surface area contributed by atoms with E-state index in [1.54, 1.807) is 0 Å². The van der Waals surface area contributed by atoms with Crippen molar-refractivity contribution in [2.24, 2.45) is 0 Å². The molecular weight excluding hydrogens is 339 g/mol. The van der Waals surface area contributed by atoms with Gasteiger partial charge in [0, 0.05) is 0 Å². The molecule has 0 amide bonds. The highest BCUT2D eigenvalue weighted by atomic mass is 16.7. The number of nitrogens with zero attached hydrogens (tertiary/aromatic N) is 2. The average Bonchev–Trinajstić information content (AvgIpc) is 3.00. The molecule has 140 valence electrons. The van der Waals surface area contributed by atoms with Gasteiger partial charge in [-0.05, 0) is 65.2 Å². The molecule has 0 unspecified atom stereocenters. The van der Waals surface area contributed by atoms with E-state index in [0.717, 1.165) is 33.8 Å². The largest absolute Gasteiger partial charge is 0.494 e. The highest BCUT2D eigenvalue weighted by molar-refractivity contribution is 6.62. The van der Waals surface area contributed by atoms with E-state index in [1.165, 1.54) is 0 Å². The molecule has 0 N–H and O–H groups in total. The first-order chi connectivity index (χ1) is 12.6. The van der Waals surface area contributed by atoms with Gasteiger partial charge in [-0.2, -0.15) is 0 Å². The van der Waals surface area contributed by atoms with E-state index in [1.807, 2.05) is 44.2 Å². The van der Waals surface area contributed by atoms with Crippen molar-refractivity contribution in [2.45, 2.75) is 52.7 Å². The number of benzene rings is 1. The zero-order valence-electron chi connectivity index (χ0n) is 16.8. The molecule has 0 atom stereocenters. The maximum absolute atomic E-state index is 6.22. The van der Waals surface area contributed by atoms with Gasteiger partial charge >= 0.3 is 7.12 Å². The first-order valence-corrected chi connectivity index (χ1v) is 9.24. The van der Waals surface area contributed by atoms with Crippen molar-refractivity contribution in [3.63, 3.8) is 0 Å². The van der Waals surface area contributed by atoms with E-state index in [4.69, 9.17) is 14.0 Å². The Kier molecular flexibility index (Phi) is 3.91. The molecule has 27 heavy (non-hydrogen) atoms. The third kappa shape index (κ3) is 2.66. The normalized spacial score (nSPS) is 19.9. The van der Waals surface area contributed by atoms with Gasteiger partial charge in [-0.1, -0.05) is 18.7 Å². The maximum atomic E-state index is 6.22. The van der Waals surface area contributed by atoms with Gasteiger partial charge in [0.25, 0.3) is 0 Å². The lowest BCUT2D eigenvalue weighted by atomic mass is 9.79. The van der Waals surface area contributed by atoms with E-state index >= 15 is 0 Å². The third-order valence-corrected chi connectivity index (χ3v) is 5.64. The lowest BCUT2D eigenvalue weighted by molar-refractivity contribution is 0.00578. The van der Waals surface area contributed by atoms with Crippen LogP contribution in [0.25, 0.3) is 18.0 Å². The van der Waals surface area contributed by atoms with Crippen LogP contribution < -0.4 is 20.9 Å². The van der Waals surface area contributed by atoms with Gasteiger partial charge in [0.1, 0.15) is 11.2 Å². The minimum atomic E-state index is -0.428. The summed E-state index contributed by atoms with van der Waals surface area (Å²) in [6.07, 6.45) is 3.89. The number of hydrogen-bond donors (Lipinski definition) is 0. The molecule has 6 heteroatoms. The fourth-order valence-corrected chi connectivity index (χ4v) is 3.49. The summed E-state index contributed by atoms with van der Waals surface area (Å²) in [6.45, 7) is 16.2. The van der Waals surface area contributed by atoms with Crippen molar-refractivity contribution in [1.29, 1.82) is 0 Å². The second-order valence-corrected chi connectivity index (χ2v) is 8.07. The molecule has 2 aliphatic rings. The summed E-state index contributed by atoms with van der Waals surface area (Å²) in [6, 6.07) is 6.04. The Morgan fingerprint density at radius 3 is 2.44 bits per heavy atom. The molecule has 2 aliphatic heterocycles. The number of hydrogen-bond acceptors (Lipinski definition) is 4. The Morgan fingerprint density at radius 1 is 1.15 bits per heavy atom. The topological polar surface area (TPSA) is 45.5 Å². The van der Waals surface area contributed by atoms with E-state index in [9.17, 15) is 0 Å². The number of fused-ring (bicyclic) bond motifs is 3. The quantitative estimate of drug-likeness (QED) is 0.765. The van der Waals surface area contributed by atoms with Crippen molar-refractivity contribution >= 4 is 24.9 Å². The number of aryl methyl sites for hydroxylation is 1. The van der Waals surface area contributed by atoms with Crippen LogP contribution in [0.4, 0.5) is 0 Å². The lowest BCUT2D eigenvalue weighted by Crippen LogP contribution is -2.41. The Morgan fingerprint density at radius 2 is 1.81 bits per heavy atom. The van der Waals surface area contributed by atoms with Crippen LogP contribution in [0.2, 0.25) is 0 Å². The monoisotopic (exact) mass is 364 g/mol. The molecule has 5 nitrogen and oxygen atoms in total. The van der Waals surface area contributed by atoms with Crippen molar-refractivity contribution < 1.29 is 14.0 Å². The molecule has 2 aromatic rings. The van der Waals surface area contributed by atoms with Crippen LogP contribution in [0, 0.1) is 6.92 Å². The van der Waals surface area contributed by atoms with Crippen molar-refractivity contribution in [1.82, 2.24) is 9.55 Å². The molecule has 1 saturated heterocycles. The van der Waals surface area contributed by atoms with Crippen LogP contribution in [0.3, 0.4) is 0 Å². The summed E-state index contributed by atoms with van der Waals surface area (Å²) >= 11 is 0. The first-order valence-electron chi connectivity index (χ1n) is 9.24. The van der Waals surface area contributed by atoms with Gasteiger partial charge in [0.15, 0.2) is 11.5 Å². The van der Waals surface area contributed by atoms with Gasteiger partial charge in [0.2, 0.25) is 0 Å². The highest BCUT2D eigenvalue weighted by Gasteiger charge is 2.51. The second kappa shape index (κ2) is 5.84. The average molecular weight is 364 g/mol. The summed E-state index contributed by atoms with van der Waals surface area (Å²) in [5, 5.41) is 1.60. The maximum Gasteiger partial charge on any atom is 0.494 e. The standard InChI is InChI=1S/C21H25BN2O3/c1-8-9-17-19-13(2)23-14(3)24(19)16-11-10-15(12-18(16)25-17)22-26-20(4,5)21(6,7)27-22/h8-12H,2H2,1,3-7H3/b9-8-. The third-order valence-electron chi connectivity index (χ3n) is 5.64. The van der Waals surface area contributed by atoms with E-state index in [0.29, 0.717) is 5.35 Å². The second-order valence-electron chi connectivity index (χ2n) is 8.07. The van der Waals surface area contributed by atoms with Gasteiger partial charge in [-0.3, -0.25) is 4.57 Å². The van der Waals surface area contributed by atoms with E-state index < -0.39 is 7.12 Å². The molecule has 0 spiro atoms. The summed E-state index contributed by atoms with van der Waals surface area (Å²) < 4.78 is 20.7. The van der Waals surface area contributed by atoms with Gasteiger partial charge in [-0.15, -0.1) is 0 Å². The molecule has 1 fully saturated rings. The molecule has 3 heterocycles. The molecule has 1 aromatic heterocycles. The Labute approximate surface area is 160 Å². The molecule has 0 saturated carbocycles. The molecule has 0 bridgehead atoms. The van der Waals surface area contributed by atoms with Crippen molar-refractivity contribution in [3.8, 4) is 11.4 Å². The number of imidazole rings is 1. The Hall–Kier alpha value is -2.31. The number of ether oxygens (including phenoxy) is 1. The molecular formula is C21H25BN2O3. The summed E-state index contributed by atoms with van der Waals surface area (Å²) in [7, 11) is -0.428. The summed E-state index contributed by atoms with van der Waals surface area (Å²) in [5.74, 6) is 2.37. The predicted octanol–water partition coefficient (Wildman–Crippen LogP) is 1.97. The fourth-order valence-electron chi connectivity index (χ4n) is 3.49. The van der Waals surface area contributed by atoms with Crippen LogP contribution in [0.15, 0.2) is 30.4 Å². The fraction of sp³-hybridized carbons (Fsp3) is 0.381. The van der Waals surface area contributed by atoms with Gasteiger partial charge in [0.05, 0.1) is 22.2 Å². The zero-order valence-corrected chi connectivity index (χ0v) is 16.8. The minimum Gasteiger partial charge on any atom is -0.453 e. The smallest absolute Gasteiger partial charge is 0.453 e. The Bertz CT molecular complexity index is 1050. The molecule has 4 rings (SSSR count). The van der Waals surface area contributed by atoms with E-state index in [2.05, 4.69) is 43.8 Å². The van der Waals surface area contributed by atoms with Gasteiger partial charge in [-0.25, -0.2) is 4.98 Å². The number of rotatable bonds is 2. The molecule has 0 aliphatic carbocycles. The predicted molar refractivity (Wildman–Crippen MR) is 108 cm³/mol. The molecule has 1 aromatic carbocycles. The van der Waals surface area contributed by atoms with Crippen LogP contribution in [-0.2, 0) is 9.31 Å². The number of allylic oxidation sites excluding steroid dienone is 1. The summed E-state index contributed by atoms with van der Waals surface area (Å²) in [5.41, 5.74) is 1.11. The lowest BCUT2D eigenvalue weighted by Gasteiger charge is -2.32. The van der Waals surface area contributed by atoms with Crippen LogP contribution in [-0.4, -0.2) is 27.9 Å². The van der Waals surface area contributed by atoms with Crippen LogP contribution in [0.5, 0.6) is 5.75 Å².